The van der Waals surface area contributed by atoms with Gasteiger partial charge in [-0.05, 0) is 24.6 Å². The number of benzene rings is 1. The van der Waals surface area contributed by atoms with Crippen LogP contribution < -0.4 is 14.4 Å². The topological polar surface area (TPSA) is 65.3 Å². The van der Waals surface area contributed by atoms with Crippen molar-refractivity contribution < 1.29 is 9.47 Å². The van der Waals surface area contributed by atoms with Crippen LogP contribution in [0.1, 0.15) is 12.0 Å². The zero-order valence-corrected chi connectivity index (χ0v) is 14.9. The van der Waals surface area contributed by atoms with Gasteiger partial charge in [-0.1, -0.05) is 12.1 Å². The summed E-state index contributed by atoms with van der Waals surface area (Å²) < 4.78 is 13.3. The predicted molar refractivity (Wildman–Crippen MR) is 98.4 cm³/mol. The molecule has 1 aliphatic heterocycles. The number of ether oxygens (including phenoxy) is 2. The van der Waals surface area contributed by atoms with Gasteiger partial charge in [0.05, 0.1) is 13.7 Å². The Balaban J connectivity index is 1.62. The van der Waals surface area contributed by atoms with Crippen LogP contribution in [0, 0.1) is 0 Å². The maximum atomic E-state index is 5.92. The fourth-order valence-electron chi connectivity index (χ4n) is 3.15. The summed E-state index contributed by atoms with van der Waals surface area (Å²) in [7, 11) is 3.61. The number of methoxy groups -OCH3 is 1. The Hall–Kier alpha value is -3.09. The van der Waals surface area contributed by atoms with E-state index in [-0.39, 0.29) is 0 Å². The van der Waals surface area contributed by atoms with E-state index in [0.29, 0.717) is 13.2 Å². The molecule has 3 aromatic rings. The number of aryl methyl sites for hydroxylation is 1. The number of nitrogens with zero attached hydrogens (tertiary/aromatic N) is 5. The molecule has 26 heavy (non-hydrogen) atoms. The number of fused-ring (bicyclic) bond motifs is 1. The molecule has 1 aliphatic rings. The summed E-state index contributed by atoms with van der Waals surface area (Å²) in [5.74, 6) is 3.23. The minimum atomic E-state index is 0.642. The largest absolute Gasteiger partial charge is 0.493 e. The first-order chi connectivity index (χ1) is 12.8. The van der Waals surface area contributed by atoms with Crippen LogP contribution in [0.25, 0.3) is 11.5 Å². The Morgan fingerprint density at radius 2 is 2.08 bits per heavy atom. The lowest BCUT2D eigenvalue weighted by Crippen LogP contribution is -2.28. The average molecular weight is 351 g/mol. The molecule has 0 saturated heterocycles. The highest BCUT2D eigenvalue weighted by atomic mass is 16.5. The first kappa shape index (κ1) is 16.4. The van der Waals surface area contributed by atoms with Gasteiger partial charge in [-0.25, -0.2) is 4.98 Å². The van der Waals surface area contributed by atoms with Crippen LogP contribution in [0.2, 0.25) is 0 Å². The van der Waals surface area contributed by atoms with E-state index in [0.717, 1.165) is 47.4 Å². The maximum Gasteiger partial charge on any atom is 0.166 e. The van der Waals surface area contributed by atoms with E-state index < -0.39 is 0 Å². The Bertz CT molecular complexity index is 891. The molecule has 0 fully saturated rings. The lowest BCUT2D eigenvalue weighted by atomic mass is 10.1. The van der Waals surface area contributed by atoms with Gasteiger partial charge in [-0.3, -0.25) is 0 Å². The lowest BCUT2D eigenvalue weighted by Gasteiger charge is -2.27. The number of para-hydroxylation sites is 1. The molecule has 0 N–H and O–H groups in total. The maximum absolute atomic E-state index is 5.92. The van der Waals surface area contributed by atoms with Gasteiger partial charge in [0.2, 0.25) is 0 Å². The normalized spacial score (nSPS) is 14.2. The van der Waals surface area contributed by atoms with E-state index in [4.69, 9.17) is 9.47 Å². The molecule has 7 heteroatoms. The standard InChI is InChI=1S/C19H21N5O2/c1-23-11-9-20-19(23)15-7-8-17(22-21-15)24-10-4-12-26-18-14(13-24)5-3-6-16(18)25-2/h3,5-9,11H,4,10,12-13H2,1-2H3. The molecule has 0 amide bonds. The summed E-state index contributed by atoms with van der Waals surface area (Å²) in [4.78, 5) is 6.54. The number of rotatable bonds is 3. The Morgan fingerprint density at radius 1 is 1.15 bits per heavy atom. The van der Waals surface area contributed by atoms with E-state index in [9.17, 15) is 0 Å². The molecule has 0 bridgehead atoms. The first-order valence-corrected chi connectivity index (χ1v) is 8.61. The Labute approximate surface area is 152 Å². The van der Waals surface area contributed by atoms with Crippen LogP contribution in [0.4, 0.5) is 5.82 Å². The highest BCUT2D eigenvalue weighted by molar-refractivity contribution is 5.53. The number of aromatic nitrogens is 4. The van der Waals surface area contributed by atoms with Crippen LogP contribution in [-0.4, -0.2) is 40.0 Å². The summed E-state index contributed by atoms with van der Waals surface area (Å²) in [5, 5.41) is 8.81. The second-order valence-electron chi connectivity index (χ2n) is 6.21. The highest BCUT2D eigenvalue weighted by Gasteiger charge is 2.19. The van der Waals surface area contributed by atoms with Crippen LogP contribution in [0.5, 0.6) is 11.5 Å². The van der Waals surface area contributed by atoms with Gasteiger partial charge in [0.15, 0.2) is 23.1 Å². The van der Waals surface area contributed by atoms with Gasteiger partial charge in [0.25, 0.3) is 0 Å². The van der Waals surface area contributed by atoms with Gasteiger partial charge >= 0.3 is 0 Å². The molecule has 0 atom stereocenters. The van der Waals surface area contributed by atoms with Crippen LogP contribution in [0.15, 0.2) is 42.7 Å². The number of imidazole rings is 1. The van der Waals surface area contributed by atoms with Crippen molar-refractivity contribution in [2.75, 3.05) is 25.2 Å². The molecule has 4 rings (SSSR count). The molecule has 0 radical (unpaired) electrons. The summed E-state index contributed by atoms with van der Waals surface area (Å²) in [6, 6.07) is 9.93. The van der Waals surface area contributed by atoms with Crippen LogP contribution >= 0.6 is 0 Å². The number of hydrogen-bond acceptors (Lipinski definition) is 6. The molecule has 134 valence electrons. The SMILES string of the molecule is COc1cccc2c1OCCCN(c1ccc(-c3nccn3C)nn1)C2. The van der Waals surface area contributed by atoms with Gasteiger partial charge in [-0.2, -0.15) is 0 Å². The minimum absolute atomic E-state index is 0.642. The van der Waals surface area contributed by atoms with Gasteiger partial charge in [0.1, 0.15) is 5.69 Å². The van der Waals surface area contributed by atoms with Crippen molar-refractivity contribution in [1.82, 2.24) is 19.7 Å². The highest BCUT2D eigenvalue weighted by Crippen LogP contribution is 2.34. The number of anilines is 1. The average Bonchev–Trinajstić information content (AvgIpc) is 3.08. The van der Waals surface area contributed by atoms with E-state index in [1.54, 1.807) is 13.3 Å². The third-order valence-electron chi connectivity index (χ3n) is 4.49. The second kappa shape index (κ2) is 7.03. The van der Waals surface area contributed by atoms with Gasteiger partial charge in [0, 0.05) is 38.1 Å². The lowest BCUT2D eigenvalue weighted by molar-refractivity contribution is 0.281. The molecule has 0 aliphatic carbocycles. The van der Waals surface area contributed by atoms with Crippen molar-refractivity contribution in [3.8, 4) is 23.0 Å². The fourth-order valence-corrected chi connectivity index (χ4v) is 3.15. The molecule has 0 unspecified atom stereocenters. The van der Waals surface area contributed by atoms with E-state index in [2.05, 4.69) is 26.1 Å². The van der Waals surface area contributed by atoms with E-state index in [1.165, 1.54) is 0 Å². The zero-order chi connectivity index (χ0) is 17.9. The minimum Gasteiger partial charge on any atom is -0.493 e. The van der Waals surface area contributed by atoms with Crippen molar-refractivity contribution in [3.63, 3.8) is 0 Å². The zero-order valence-electron chi connectivity index (χ0n) is 14.9. The smallest absolute Gasteiger partial charge is 0.166 e. The van der Waals surface area contributed by atoms with Crippen molar-refractivity contribution in [1.29, 1.82) is 0 Å². The Morgan fingerprint density at radius 3 is 2.81 bits per heavy atom. The van der Waals surface area contributed by atoms with Crippen LogP contribution in [0.3, 0.4) is 0 Å². The molecular weight excluding hydrogens is 330 g/mol. The predicted octanol–water partition coefficient (Wildman–Crippen LogP) is 2.67. The molecule has 1 aromatic carbocycles. The fraction of sp³-hybridized carbons (Fsp3) is 0.316. The first-order valence-electron chi connectivity index (χ1n) is 8.61. The third kappa shape index (κ3) is 3.08. The molecule has 0 saturated carbocycles. The van der Waals surface area contributed by atoms with Gasteiger partial charge in [-0.15, -0.1) is 10.2 Å². The summed E-state index contributed by atoms with van der Waals surface area (Å²) >= 11 is 0. The molecule has 0 spiro atoms. The Kier molecular flexibility index (Phi) is 4.43. The second-order valence-corrected chi connectivity index (χ2v) is 6.21. The summed E-state index contributed by atoms with van der Waals surface area (Å²) in [6.45, 7) is 2.19. The van der Waals surface area contributed by atoms with Crippen molar-refractivity contribution in [3.05, 3.63) is 48.3 Å². The van der Waals surface area contributed by atoms with Crippen molar-refractivity contribution >= 4 is 5.82 Å². The van der Waals surface area contributed by atoms with Crippen LogP contribution in [-0.2, 0) is 13.6 Å². The number of hydrogen-bond donors (Lipinski definition) is 0. The molecule has 3 heterocycles. The monoisotopic (exact) mass is 351 g/mol. The summed E-state index contributed by atoms with van der Waals surface area (Å²) in [6.07, 6.45) is 4.56. The molecule has 7 nitrogen and oxygen atoms in total. The third-order valence-corrected chi connectivity index (χ3v) is 4.49. The van der Waals surface area contributed by atoms with Crippen molar-refractivity contribution in [2.24, 2.45) is 7.05 Å². The van der Waals surface area contributed by atoms with E-state index in [1.807, 2.05) is 42.1 Å². The molecular formula is C19H21N5O2. The summed E-state index contributed by atoms with van der Waals surface area (Å²) in [5.41, 5.74) is 1.85. The molecule has 2 aromatic heterocycles. The van der Waals surface area contributed by atoms with Crippen molar-refractivity contribution in [2.45, 2.75) is 13.0 Å². The van der Waals surface area contributed by atoms with E-state index >= 15 is 0 Å². The van der Waals surface area contributed by atoms with Gasteiger partial charge < -0.3 is 18.9 Å². The quantitative estimate of drug-likeness (QED) is 0.723.